The number of hydrogen-bond acceptors (Lipinski definition) is 2. The van der Waals surface area contributed by atoms with Gasteiger partial charge in [0, 0.05) is 0 Å². The van der Waals surface area contributed by atoms with Gasteiger partial charge in [0.2, 0.25) is 0 Å². The molecule has 0 fully saturated rings. The third kappa shape index (κ3) is 2.36. The van der Waals surface area contributed by atoms with E-state index in [1.54, 1.807) is 7.11 Å². The van der Waals surface area contributed by atoms with Gasteiger partial charge in [0.25, 0.3) is 0 Å². The van der Waals surface area contributed by atoms with Crippen LogP contribution in [0, 0.1) is 12.7 Å². The molecular formula is C16H14ClFN2O. The van der Waals surface area contributed by atoms with Crippen LogP contribution in [0.25, 0.3) is 16.7 Å². The van der Waals surface area contributed by atoms with Crippen molar-refractivity contribution in [3.05, 3.63) is 53.6 Å². The Bertz CT molecular complexity index is 793. The molecule has 0 bridgehead atoms. The largest absolute Gasteiger partial charge is 0.494 e. The van der Waals surface area contributed by atoms with Crippen LogP contribution in [0.5, 0.6) is 5.75 Å². The zero-order valence-electron chi connectivity index (χ0n) is 11.7. The standard InChI is InChI=1S/C16H14ClFN2O/c1-10-6-11(18)8-12(7-10)20-13-4-3-5-14(21-2)16(13)19-15(20)9-17/h3-8H,9H2,1-2H3. The first-order chi connectivity index (χ1) is 10.1. The summed E-state index contributed by atoms with van der Waals surface area (Å²) >= 11 is 6.01. The first kappa shape index (κ1) is 13.9. The highest BCUT2D eigenvalue weighted by molar-refractivity contribution is 6.17. The maximum Gasteiger partial charge on any atom is 0.146 e. The van der Waals surface area contributed by atoms with Gasteiger partial charge in [0.05, 0.1) is 24.2 Å². The number of benzene rings is 2. The number of ether oxygens (including phenoxy) is 1. The average molecular weight is 305 g/mol. The Labute approximate surface area is 126 Å². The van der Waals surface area contributed by atoms with Crippen LogP contribution in [0.1, 0.15) is 11.4 Å². The minimum Gasteiger partial charge on any atom is -0.494 e. The molecule has 3 nitrogen and oxygen atoms in total. The lowest BCUT2D eigenvalue weighted by Gasteiger charge is -2.09. The fraction of sp³-hybridized carbons (Fsp3) is 0.188. The molecule has 2 aromatic carbocycles. The quantitative estimate of drug-likeness (QED) is 0.677. The summed E-state index contributed by atoms with van der Waals surface area (Å²) in [4.78, 5) is 4.52. The number of para-hydroxylation sites is 1. The first-order valence-electron chi connectivity index (χ1n) is 6.52. The van der Waals surface area contributed by atoms with Gasteiger partial charge in [-0.2, -0.15) is 0 Å². The first-order valence-corrected chi connectivity index (χ1v) is 7.05. The summed E-state index contributed by atoms with van der Waals surface area (Å²) in [7, 11) is 1.60. The van der Waals surface area contributed by atoms with Crippen LogP contribution >= 0.6 is 11.6 Å². The summed E-state index contributed by atoms with van der Waals surface area (Å²) in [6.07, 6.45) is 0. The van der Waals surface area contributed by atoms with Crippen LogP contribution < -0.4 is 4.74 Å². The summed E-state index contributed by atoms with van der Waals surface area (Å²) in [5, 5.41) is 0. The molecule has 0 N–H and O–H groups in total. The Kier molecular flexibility index (Phi) is 3.55. The Morgan fingerprint density at radius 2 is 2.10 bits per heavy atom. The third-order valence-electron chi connectivity index (χ3n) is 3.34. The van der Waals surface area contributed by atoms with Crippen molar-refractivity contribution in [1.29, 1.82) is 0 Å². The topological polar surface area (TPSA) is 27.1 Å². The van der Waals surface area contributed by atoms with E-state index < -0.39 is 0 Å². The van der Waals surface area contributed by atoms with E-state index in [0.29, 0.717) is 17.3 Å². The fourth-order valence-electron chi connectivity index (χ4n) is 2.51. The third-order valence-corrected chi connectivity index (χ3v) is 3.58. The highest BCUT2D eigenvalue weighted by atomic mass is 35.5. The molecule has 3 rings (SSSR count). The van der Waals surface area contributed by atoms with Crippen LogP contribution in [-0.4, -0.2) is 16.7 Å². The molecule has 0 aliphatic heterocycles. The molecule has 0 aliphatic carbocycles. The zero-order valence-corrected chi connectivity index (χ0v) is 12.5. The number of nitrogens with zero attached hydrogens (tertiary/aromatic N) is 2. The molecule has 0 spiro atoms. The second-order valence-electron chi connectivity index (χ2n) is 4.81. The van der Waals surface area contributed by atoms with Gasteiger partial charge >= 0.3 is 0 Å². The van der Waals surface area contributed by atoms with E-state index in [1.807, 2.05) is 35.8 Å². The summed E-state index contributed by atoms with van der Waals surface area (Å²) in [6, 6.07) is 10.5. The lowest BCUT2D eigenvalue weighted by Crippen LogP contribution is -2.00. The van der Waals surface area contributed by atoms with E-state index in [-0.39, 0.29) is 11.7 Å². The number of hydrogen-bond donors (Lipinski definition) is 0. The Hall–Kier alpha value is -2.07. The maximum atomic E-state index is 13.7. The molecule has 0 aliphatic rings. The molecule has 108 valence electrons. The normalized spacial score (nSPS) is 11.0. The van der Waals surface area contributed by atoms with Gasteiger partial charge in [0.15, 0.2) is 0 Å². The number of rotatable bonds is 3. The lowest BCUT2D eigenvalue weighted by atomic mass is 10.2. The number of aryl methyl sites for hydroxylation is 1. The summed E-state index contributed by atoms with van der Waals surface area (Å²) < 4.78 is 20.9. The van der Waals surface area contributed by atoms with Gasteiger partial charge in [-0.25, -0.2) is 9.37 Å². The summed E-state index contributed by atoms with van der Waals surface area (Å²) in [5.41, 5.74) is 3.11. The molecule has 21 heavy (non-hydrogen) atoms. The lowest BCUT2D eigenvalue weighted by molar-refractivity contribution is 0.419. The van der Waals surface area contributed by atoms with Crippen LogP contribution in [0.4, 0.5) is 4.39 Å². The van der Waals surface area contributed by atoms with Gasteiger partial charge in [-0.3, -0.25) is 4.57 Å². The highest BCUT2D eigenvalue weighted by Gasteiger charge is 2.15. The molecule has 1 heterocycles. The Balaban J connectivity index is 2.35. The van der Waals surface area contributed by atoms with Gasteiger partial charge in [-0.05, 0) is 42.8 Å². The molecular weight excluding hydrogens is 291 g/mol. The zero-order chi connectivity index (χ0) is 15.0. The van der Waals surface area contributed by atoms with Gasteiger partial charge in [-0.1, -0.05) is 6.07 Å². The molecule has 0 saturated carbocycles. The summed E-state index contributed by atoms with van der Waals surface area (Å²) in [5.74, 6) is 1.27. The fourth-order valence-corrected chi connectivity index (χ4v) is 2.69. The maximum absolute atomic E-state index is 13.7. The van der Waals surface area contributed by atoms with Crippen molar-refractivity contribution in [2.75, 3.05) is 7.11 Å². The number of methoxy groups -OCH3 is 1. The summed E-state index contributed by atoms with van der Waals surface area (Å²) in [6.45, 7) is 1.85. The minimum atomic E-state index is -0.282. The van der Waals surface area contributed by atoms with E-state index in [4.69, 9.17) is 16.3 Å². The molecule has 0 saturated heterocycles. The average Bonchev–Trinajstić information content (AvgIpc) is 2.84. The van der Waals surface area contributed by atoms with Crippen molar-refractivity contribution in [3.63, 3.8) is 0 Å². The van der Waals surface area contributed by atoms with Crippen molar-refractivity contribution < 1.29 is 9.13 Å². The van der Waals surface area contributed by atoms with E-state index >= 15 is 0 Å². The molecule has 5 heteroatoms. The minimum absolute atomic E-state index is 0.230. The van der Waals surface area contributed by atoms with Crippen LogP contribution in [-0.2, 0) is 5.88 Å². The molecule has 1 aromatic heterocycles. The number of halogens is 2. The van der Waals surface area contributed by atoms with Crippen molar-refractivity contribution >= 4 is 22.6 Å². The molecule has 0 amide bonds. The molecule has 0 atom stereocenters. The smallest absolute Gasteiger partial charge is 0.146 e. The number of fused-ring (bicyclic) bond motifs is 1. The second kappa shape index (κ2) is 5.37. The molecule has 0 unspecified atom stereocenters. The predicted molar refractivity (Wildman–Crippen MR) is 81.9 cm³/mol. The van der Waals surface area contributed by atoms with E-state index in [2.05, 4.69) is 4.98 Å². The molecule has 0 radical (unpaired) electrons. The van der Waals surface area contributed by atoms with Crippen molar-refractivity contribution in [1.82, 2.24) is 9.55 Å². The van der Waals surface area contributed by atoms with Crippen molar-refractivity contribution in [2.45, 2.75) is 12.8 Å². The predicted octanol–water partition coefficient (Wildman–Crippen LogP) is 4.22. The van der Waals surface area contributed by atoms with E-state index in [9.17, 15) is 4.39 Å². The van der Waals surface area contributed by atoms with Crippen molar-refractivity contribution in [3.8, 4) is 11.4 Å². The van der Waals surface area contributed by atoms with E-state index in [1.165, 1.54) is 12.1 Å². The van der Waals surface area contributed by atoms with Crippen molar-refractivity contribution in [2.24, 2.45) is 0 Å². The van der Waals surface area contributed by atoms with Gasteiger partial charge in [0.1, 0.15) is 22.9 Å². The monoisotopic (exact) mass is 304 g/mol. The number of alkyl halides is 1. The number of imidazole rings is 1. The Morgan fingerprint density at radius 1 is 1.29 bits per heavy atom. The Morgan fingerprint density at radius 3 is 2.76 bits per heavy atom. The second-order valence-corrected chi connectivity index (χ2v) is 5.08. The van der Waals surface area contributed by atoms with E-state index in [0.717, 1.165) is 16.6 Å². The highest BCUT2D eigenvalue weighted by Crippen LogP contribution is 2.29. The SMILES string of the molecule is COc1cccc2c1nc(CCl)n2-c1cc(C)cc(F)c1. The molecule has 3 aromatic rings. The van der Waals surface area contributed by atoms with Gasteiger partial charge in [-0.15, -0.1) is 11.6 Å². The van der Waals surface area contributed by atoms with Gasteiger partial charge < -0.3 is 4.74 Å². The van der Waals surface area contributed by atoms with Crippen LogP contribution in [0.15, 0.2) is 36.4 Å². The number of aromatic nitrogens is 2. The van der Waals surface area contributed by atoms with Crippen LogP contribution in [0.2, 0.25) is 0 Å². The van der Waals surface area contributed by atoms with Crippen LogP contribution in [0.3, 0.4) is 0 Å².